The molecule has 0 unspecified atom stereocenters. The second kappa shape index (κ2) is 7.42. The minimum Gasteiger partial charge on any atom is -0.486 e. The zero-order valence-electron chi connectivity index (χ0n) is 10.9. The molecule has 0 N–H and O–H groups in total. The molecule has 1 aromatic heterocycles. The predicted octanol–water partition coefficient (Wildman–Crippen LogP) is 5.32. The molecule has 0 radical (unpaired) electrons. The predicted molar refractivity (Wildman–Crippen MR) is 92.7 cm³/mol. The van der Waals surface area contributed by atoms with Crippen LogP contribution in [0, 0.1) is 9.39 Å². The number of ether oxygens (including phenoxy) is 1. The first-order valence-electron chi connectivity index (χ1n) is 5.98. The summed E-state index contributed by atoms with van der Waals surface area (Å²) in [7, 11) is 0. The van der Waals surface area contributed by atoms with Gasteiger partial charge in [-0.3, -0.25) is 0 Å². The van der Waals surface area contributed by atoms with E-state index in [1.807, 2.05) is 0 Å². The largest absolute Gasteiger partial charge is 0.486 e. The molecule has 1 heterocycles. The number of hydrogen-bond acceptors (Lipinski definition) is 2. The fraction of sp³-hybridized carbons (Fsp3) is 0.133. The van der Waals surface area contributed by atoms with Gasteiger partial charge in [0.05, 0.1) is 3.57 Å². The van der Waals surface area contributed by atoms with Crippen LogP contribution in [0.4, 0.5) is 4.39 Å². The lowest BCUT2D eigenvalue weighted by molar-refractivity contribution is 0.351. The average Bonchev–Trinajstić information content (AvgIpc) is 2.46. The summed E-state index contributed by atoms with van der Waals surface area (Å²) in [4.78, 5) is 4.29. The Morgan fingerprint density at radius 1 is 1.33 bits per heavy atom. The highest BCUT2D eigenvalue weighted by atomic mass is 127. The van der Waals surface area contributed by atoms with Gasteiger partial charge in [-0.05, 0) is 58.5 Å². The van der Waals surface area contributed by atoms with Crippen LogP contribution in [0.25, 0.3) is 11.3 Å². The molecule has 2 rings (SSSR count). The number of pyridine rings is 1. The smallest absolute Gasteiger partial charge is 0.159 e. The van der Waals surface area contributed by atoms with Crippen LogP contribution < -0.4 is 4.74 Å². The van der Waals surface area contributed by atoms with Gasteiger partial charge >= 0.3 is 0 Å². The normalized spacial score (nSPS) is 10.5. The summed E-state index contributed by atoms with van der Waals surface area (Å²) in [6.07, 6.45) is 0. The first-order chi connectivity index (χ1) is 10.0. The molecule has 2 aromatic rings. The molecular weight excluding hydrogens is 427 g/mol. The van der Waals surface area contributed by atoms with E-state index in [-0.39, 0.29) is 12.4 Å². The van der Waals surface area contributed by atoms with Crippen LogP contribution in [0.15, 0.2) is 42.5 Å². The molecular formula is C15H11Cl2FINO. The second-order valence-electron chi connectivity index (χ2n) is 4.28. The molecule has 0 fully saturated rings. The van der Waals surface area contributed by atoms with E-state index in [4.69, 9.17) is 27.9 Å². The van der Waals surface area contributed by atoms with Crippen LogP contribution in [0.5, 0.6) is 5.75 Å². The van der Waals surface area contributed by atoms with Crippen LogP contribution in [-0.4, -0.2) is 17.5 Å². The fourth-order valence-corrected chi connectivity index (χ4v) is 2.79. The maximum atomic E-state index is 13.1. The molecule has 2 nitrogen and oxygen atoms in total. The molecule has 0 aliphatic rings. The molecule has 6 heteroatoms. The summed E-state index contributed by atoms with van der Waals surface area (Å²) in [5, 5.41) is 0.349. The van der Waals surface area contributed by atoms with Crippen LogP contribution in [-0.2, 0) is 0 Å². The number of hydrogen-bond donors (Lipinski definition) is 0. The SMILES string of the molecule is C=C(CCl)COc1c(I)cc(Cl)nc1-c1ccc(F)cc1. The highest BCUT2D eigenvalue weighted by Crippen LogP contribution is 2.34. The third-order valence-electron chi connectivity index (χ3n) is 2.62. The second-order valence-corrected chi connectivity index (χ2v) is 6.10. The maximum Gasteiger partial charge on any atom is 0.159 e. The van der Waals surface area contributed by atoms with Gasteiger partial charge in [-0.15, -0.1) is 11.6 Å². The van der Waals surface area contributed by atoms with E-state index >= 15 is 0 Å². The van der Waals surface area contributed by atoms with Gasteiger partial charge in [-0.2, -0.15) is 0 Å². The summed E-state index contributed by atoms with van der Waals surface area (Å²) in [6.45, 7) is 4.08. The molecule has 21 heavy (non-hydrogen) atoms. The van der Waals surface area contributed by atoms with E-state index in [0.29, 0.717) is 22.5 Å². The molecule has 0 bridgehead atoms. The minimum absolute atomic E-state index is 0.289. The van der Waals surface area contributed by atoms with Gasteiger partial charge in [0.1, 0.15) is 23.3 Å². The molecule has 0 aliphatic carbocycles. The van der Waals surface area contributed by atoms with Gasteiger partial charge < -0.3 is 4.74 Å². The Labute approximate surface area is 146 Å². The molecule has 110 valence electrons. The minimum atomic E-state index is -0.312. The van der Waals surface area contributed by atoms with Gasteiger partial charge in [0.15, 0.2) is 5.75 Å². The standard InChI is InChI=1S/C15H11Cl2FINO/c1-9(7-16)8-21-15-12(19)6-13(17)20-14(15)10-2-4-11(18)5-3-10/h2-6H,1,7-8H2. The zero-order chi connectivity index (χ0) is 15.4. The summed E-state index contributed by atoms with van der Waals surface area (Å²) >= 11 is 13.8. The van der Waals surface area contributed by atoms with E-state index in [0.717, 1.165) is 14.7 Å². The Morgan fingerprint density at radius 2 is 2.00 bits per heavy atom. The lowest BCUT2D eigenvalue weighted by Gasteiger charge is -2.14. The van der Waals surface area contributed by atoms with Crippen molar-refractivity contribution < 1.29 is 9.13 Å². The lowest BCUT2D eigenvalue weighted by atomic mass is 10.1. The molecule has 0 saturated heterocycles. The molecule has 1 aromatic carbocycles. The van der Waals surface area contributed by atoms with Crippen molar-refractivity contribution in [3.63, 3.8) is 0 Å². The van der Waals surface area contributed by atoms with E-state index < -0.39 is 0 Å². The Hall–Kier alpha value is -0.850. The number of rotatable bonds is 5. The topological polar surface area (TPSA) is 22.1 Å². The summed E-state index contributed by atoms with van der Waals surface area (Å²) in [6, 6.07) is 7.70. The van der Waals surface area contributed by atoms with Crippen molar-refractivity contribution in [2.45, 2.75) is 0 Å². The third-order valence-corrected chi connectivity index (χ3v) is 4.00. The maximum absolute atomic E-state index is 13.1. The van der Waals surface area contributed by atoms with Crippen molar-refractivity contribution in [1.29, 1.82) is 0 Å². The number of alkyl halides is 1. The Kier molecular flexibility index (Phi) is 5.84. The van der Waals surface area contributed by atoms with Crippen molar-refractivity contribution in [2.24, 2.45) is 0 Å². The quantitative estimate of drug-likeness (QED) is 0.273. The fourth-order valence-electron chi connectivity index (χ4n) is 1.63. The molecule has 0 atom stereocenters. The number of halogens is 4. The zero-order valence-corrected chi connectivity index (χ0v) is 14.5. The van der Waals surface area contributed by atoms with Gasteiger partial charge in [0, 0.05) is 11.4 Å². The third kappa shape index (κ3) is 4.31. The summed E-state index contributed by atoms with van der Waals surface area (Å²) in [5.74, 6) is 0.593. The molecule has 0 aliphatic heterocycles. The average molecular weight is 438 g/mol. The van der Waals surface area contributed by atoms with Crippen molar-refractivity contribution in [2.75, 3.05) is 12.5 Å². The Bertz CT molecular complexity index is 661. The van der Waals surface area contributed by atoms with E-state index in [9.17, 15) is 4.39 Å². The van der Waals surface area contributed by atoms with Gasteiger partial charge in [-0.25, -0.2) is 9.37 Å². The van der Waals surface area contributed by atoms with Gasteiger partial charge in [0.2, 0.25) is 0 Å². The van der Waals surface area contributed by atoms with Crippen molar-refractivity contribution >= 4 is 45.8 Å². The highest BCUT2D eigenvalue weighted by Gasteiger charge is 2.14. The first kappa shape index (κ1) is 16.5. The number of nitrogens with zero attached hydrogens (tertiary/aromatic N) is 1. The summed E-state index contributed by atoms with van der Waals surface area (Å²) in [5.41, 5.74) is 2.05. The van der Waals surface area contributed by atoms with E-state index in [2.05, 4.69) is 34.2 Å². The lowest BCUT2D eigenvalue weighted by Crippen LogP contribution is -2.05. The highest BCUT2D eigenvalue weighted by molar-refractivity contribution is 14.1. The van der Waals surface area contributed by atoms with Crippen molar-refractivity contribution in [3.05, 3.63) is 57.0 Å². The van der Waals surface area contributed by atoms with E-state index in [1.54, 1.807) is 18.2 Å². The number of aromatic nitrogens is 1. The van der Waals surface area contributed by atoms with Crippen molar-refractivity contribution in [1.82, 2.24) is 4.98 Å². The van der Waals surface area contributed by atoms with Crippen LogP contribution in [0.3, 0.4) is 0 Å². The van der Waals surface area contributed by atoms with Crippen LogP contribution in [0.1, 0.15) is 0 Å². The van der Waals surface area contributed by atoms with Gasteiger partial charge in [0.25, 0.3) is 0 Å². The molecule has 0 amide bonds. The van der Waals surface area contributed by atoms with Crippen molar-refractivity contribution in [3.8, 4) is 17.0 Å². The Balaban J connectivity index is 2.43. The first-order valence-corrected chi connectivity index (χ1v) is 7.97. The molecule has 0 saturated carbocycles. The number of benzene rings is 1. The van der Waals surface area contributed by atoms with Gasteiger partial charge in [-0.1, -0.05) is 18.2 Å². The summed E-state index contributed by atoms with van der Waals surface area (Å²) < 4.78 is 19.6. The monoisotopic (exact) mass is 437 g/mol. The van der Waals surface area contributed by atoms with E-state index in [1.165, 1.54) is 12.1 Å². The molecule has 0 spiro atoms. The Morgan fingerprint density at radius 3 is 2.62 bits per heavy atom. The van der Waals surface area contributed by atoms with Crippen LogP contribution in [0.2, 0.25) is 5.15 Å². The van der Waals surface area contributed by atoms with Crippen LogP contribution >= 0.6 is 45.8 Å².